The first-order valence-electron chi connectivity index (χ1n) is 6.63. The molecule has 0 amide bonds. The molecule has 1 heterocycles. The van der Waals surface area contributed by atoms with E-state index in [2.05, 4.69) is 24.5 Å². The molecule has 3 atom stereocenters. The maximum Gasteiger partial charge on any atom is 0.150 e. The number of thiophene rings is 1. The van der Waals surface area contributed by atoms with E-state index in [4.69, 9.17) is 5.84 Å². The molecule has 2 rings (SSSR count). The first kappa shape index (κ1) is 15.0. The summed E-state index contributed by atoms with van der Waals surface area (Å²) in [5.41, 5.74) is 2.89. The molecule has 4 nitrogen and oxygen atoms in total. The van der Waals surface area contributed by atoms with Crippen LogP contribution >= 0.6 is 11.3 Å². The number of hydrogen-bond donors (Lipinski definition) is 2. The Kier molecular flexibility index (Phi) is 4.66. The second kappa shape index (κ2) is 5.91. The van der Waals surface area contributed by atoms with Gasteiger partial charge in [-0.1, -0.05) is 6.42 Å². The van der Waals surface area contributed by atoms with Crippen molar-refractivity contribution in [3.63, 3.8) is 0 Å². The highest BCUT2D eigenvalue weighted by Crippen LogP contribution is 2.38. The van der Waals surface area contributed by atoms with Crippen LogP contribution in [0.4, 0.5) is 0 Å². The largest absolute Gasteiger partial charge is 0.271 e. The van der Waals surface area contributed by atoms with Crippen molar-refractivity contribution in [3.05, 3.63) is 21.9 Å². The highest BCUT2D eigenvalue weighted by atomic mass is 32.2. The van der Waals surface area contributed by atoms with E-state index in [1.54, 1.807) is 11.3 Å². The Hall–Kier alpha value is -0.430. The van der Waals surface area contributed by atoms with Gasteiger partial charge in [-0.15, -0.1) is 11.3 Å². The Morgan fingerprint density at radius 2 is 2.16 bits per heavy atom. The molecular weight excluding hydrogens is 280 g/mol. The van der Waals surface area contributed by atoms with E-state index in [-0.39, 0.29) is 11.3 Å². The molecule has 0 spiro atoms. The predicted octanol–water partition coefficient (Wildman–Crippen LogP) is 2.16. The van der Waals surface area contributed by atoms with Crippen molar-refractivity contribution in [2.75, 3.05) is 6.26 Å². The van der Waals surface area contributed by atoms with Crippen molar-refractivity contribution in [2.24, 2.45) is 11.8 Å². The Morgan fingerprint density at radius 3 is 2.68 bits per heavy atom. The first-order chi connectivity index (χ1) is 8.91. The highest BCUT2D eigenvalue weighted by Gasteiger charge is 2.33. The molecule has 1 aliphatic rings. The van der Waals surface area contributed by atoms with E-state index in [0.717, 1.165) is 19.3 Å². The van der Waals surface area contributed by atoms with Gasteiger partial charge in [0.1, 0.15) is 9.84 Å². The number of hydrogen-bond acceptors (Lipinski definition) is 5. The minimum Gasteiger partial charge on any atom is -0.271 e. The van der Waals surface area contributed by atoms with Gasteiger partial charge in [0.15, 0.2) is 0 Å². The summed E-state index contributed by atoms with van der Waals surface area (Å²) in [6, 6.07) is 4.25. The molecule has 0 bridgehead atoms. The van der Waals surface area contributed by atoms with Crippen LogP contribution in [-0.4, -0.2) is 19.9 Å². The SMILES string of the molecule is Cc1ccc(C(NN)C2CCCC(S(C)(=O)=O)C2)s1. The molecule has 3 N–H and O–H groups in total. The summed E-state index contributed by atoms with van der Waals surface area (Å²) in [6.07, 6.45) is 4.85. The third-order valence-corrected chi connectivity index (χ3v) is 6.71. The molecule has 0 radical (unpaired) electrons. The third-order valence-electron chi connectivity index (χ3n) is 3.99. The number of aryl methyl sites for hydroxylation is 1. The summed E-state index contributed by atoms with van der Waals surface area (Å²) >= 11 is 1.73. The molecule has 0 aromatic carbocycles. The predicted molar refractivity (Wildman–Crippen MR) is 79.7 cm³/mol. The van der Waals surface area contributed by atoms with Gasteiger partial charge in [0.25, 0.3) is 0 Å². The monoisotopic (exact) mass is 302 g/mol. The molecule has 1 saturated carbocycles. The van der Waals surface area contributed by atoms with Crippen LogP contribution < -0.4 is 11.3 Å². The van der Waals surface area contributed by atoms with Crippen LogP contribution in [0.2, 0.25) is 0 Å². The van der Waals surface area contributed by atoms with Crippen molar-refractivity contribution in [3.8, 4) is 0 Å². The number of nitrogens with one attached hydrogen (secondary N) is 1. The van der Waals surface area contributed by atoms with Gasteiger partial charge in [0.2, 0.25) is 0 Å². The summed E-state index contributed by atoms with van der Waals surface area (Å²) in [4.78, 5) is 2.46. The maximum absolute atomic E-state index is 11.7. The molecule has 3 unspecified atom stereocenters. The topological polar surface area (TPSA) is 72.2 Å². The molecule has 0 aliphatic heterocycles. The zero-order valence-corrected chi connectivity index (χ0v) is 13.1. The second-order valence-electron chi connectivity index (χ2n) is 5.47. The quantitative estimate of drug-likeness (QED) is 0.660. The maximum atomic E-state index is 11.7. The van der Waals surface area contributed by atoms with E-state index in [1.165, 1.54) is 16.0 Å². The lowest BCUT2D eigenvalue weighted by Gasteiger charge is -2.33. The molecule has 1 fully saturated rings. The summed E-state index contributed by atoms with van der Waals surface area (Å²) in [6.45, 7) is 2.07. The zero-order chi connectivity index (χ0) is 14.0. The van der Waals surface area contributed by atoms with E-state index in [0.29, 0.717) is 12.3 Å². The number of nitrogens with two attached hydrogens (primary N) is 1. The normalized spacial score (nSPS) is 26.3. The Bertz CT molecular complexity index is 525. The van der Waals surface area contributed by atoms with Crippen LogP contribution in [0.5, 0.6) is 0 Å². The zero-order valence-electron chi connectivity index (χ0n) is 11.4. The lowest BCUT2D eigenvalue weighted by Crippen LogP contribution is -2.38. The fourth-order valence-corrected chi connectivity index (χ4v) is 5.17. The van der Waals surface area contributed by atoms with Crippen molar-refractivity contribution < 1.29 is 8.42 Å². The van der Waals surface area contributed by atoms with Gasteiger partial charge in [-0.2, -0.15) is 0 Å². The fraction of sp³-hybridized carbons (Fsp3) is 0.692. The van der Waals surface area contributed by atoms with Crippen LogP contribution in [0.3, 0.4) is 0 Å². The van der Waals surface area contributed by atoms with Crippen molar-refractivity contribution in [2.45, 2.75) is 43.9 Å². The number of hydrazine groups is 1. The van der Waals surface area contributed by atoms with E-state index in [9.17, 15) is 8.42 Å². The Labute approximate surface area is 119 Å². The molecule has 0 saturated heterocycles. The van der Waals surface area contributed by atoms with Crippen molar-refractivity contribution >= 4 is 21.2 Å². The molecule has 1 aromatic heterocycles. The van der Waals surface area contributed by atoms with E-state index < -0.39 is 9.84 Å². The van der Waals surface area contributed by atoms with E-state index >= 15 is 0 Å². The average Bonchev–Trinajstić information content (AvgIpc) is 2.76. The van der Waals surface area contributed by atoms with Crippen molar-refractivity contribution in [1.82, 2.24) is 5.43 Å². The molecule has 19 heavy (non-hydrogen) atoms. The second-order valence-corrected chi connectivity index (χ2v) is 9.12. The summed E-state index contributed by atoms with van der Waals surface area (Å²) in [5, 5.41) is -0.205. The molecule has 108 valence electrons. The summed E-state index contributed by atoms with van der Waals surface area (Å²) in [5.74, 6) is 6.01. The Morgan fingerprint density at radius 1 is 1.42 bits per heavy atom. The van der Waals surface area contributed by atoms with Gasteiger partial charge in [-0.05, 0) is 44.2 Å². The van der Waals surface area contributed by atoms with Gasteiger partial charge in [0.05, 0.1) is 11.3 Å². The van der Waals surface area contributed by atoms with Crippen LogP contribution in [-0.2, 0) is 9.84 Å². The lowest BCUT2D eigenvalue weighted by molar-refractivity contribution is 0.277. The smallest absolute Gasteiger partial charge is 0.150 e. The van der Waals surface area contributed by atoms with Gasteiger partial charge in [-0.25, -0.2) is 8.42 Å². The first-order valence-corrected chi connectivity index (χ1v) is 9.40. The fourth-order valence-electron chi connectivity index (χ4n) is 2.94. The average molecular weight is 302 g/mol. The van der Waals surface area contributed by atoms with Crippen LogP contribution in [0.15, 0.2) is 12.1 Å². The van der Waals surface area contributed by atoms with Crippen LogP contribution in [0.1, 0.15) is 41.5 Å². The molecule has 6 heteroatoms. The molecular formula is C13H22N2O2S2. The highest BCUT2D eigenvalue weighted by molar-refractivity contribution is 7.91. The third kappa shape index (κ3) is 3.56. The summed E-state index contributed by atoms with van der Waals surface area (Å²) in [7, 11) is -2.94. The van der Waals surface area contributed by atoms with Gasteiger partial charge in [-0.3, -0.25) is 11.3 Å². The lowest BCUT2D eigenvalue weighted by atomic mass is 9.83. The summed E-state index contributed by atoms with van der Waals surface area (Å²) < 4.78 is 23.5. The Balaban J connectivity index is 2.15. The van der Waals surface area contributed by atoms with Crippen molar-refractivity contribution in [1.29, 1.82) is 0 Å². The minimum atomic E-state index is -2.94. The molecule has 1 aliphatic carbocycles. The van der Waals surface area contributed by atoms with Gasteiger partial charge < -0.3 is 0 Å². The number of sulfone groups is 1. The minimum absolute atomic E-state index is 0.0725. The van der Waals surface area contributed by atoms with Gasteiger partial charge in [0, 0.05) is 16.0 Å². The van der Waals surface area contributed by atoms with E-state index in [1.807, 2.05) is 0 Å². The van der Waals surface area contributed by atoms with Crippen LogP contribution in [0.25, 0.3) is 0 Å². The standard InChI is InChI=1S/C13H22N2O2S2/c1-9-6-7-12(18-9)13(15-14)10-4-3-5-11(8-10)19(2,16)17/h6-7,10-11,13,15H,3-5,8,14H2,1-2H3. The molecule has 1 aromatic rings. The van der Waals surface area contributed by atoms with Crippen LogP contribution in [0, 0.1) is 12.8 Å². The number of rotatable bonds is 4. The van der Waals surface area contributed by atoms with Gasteiger partial charge >= 0.3 is 0 Å².